The summed E-state index contributed by atoms with van der Waals surface area (Å²) in [5.41, 5.74) is 0.418. The fourth-order valence-electron chi connectivity index (χ4n) is 1.48. The largest absolute Gasteiger partial charge is 0.493 e. The van der Waals surface area contributed by atoms with E-state index in [-0.39, 0.29) is 22.5 Å². The molecule has 0 unspecified atom stereocenters. The van der Waals surface area contributed by atoms with Crippen molar-refractivity contribution in [2.24, 2.45) is 0 Å². The highest BCUT2D eigenvalue weighted by Gasteiger charge is 2.15. The molecule has 0 amide bonds. The summed E-state index contributed by atoms with van der Waals surface area (Å²) < 4.78 is 10.6. The van der Waals surface area contributed by atoms with Gasteiger partial charge < -0.3 is 9.47 Å². The van der Waals surface area contributed by atoms with E-state index in [9.17, 15) is 10.1 Å². The van der Waals surface area contributed by atoms with Crippen LogP contribution in [0.25, 0.3) is 0 Å². The van der Waals surface area contributed by atoms with Crippen molar-refractivity contribution >= 4 is 17.3 Å². The van der Waals surface area contributed by atoms with Gasteiger partial charge in [-0.15, -0.1) is 0 Å². The number of halogens is 1. The van der Waals surface area contributed by atoms with Crippen LogP contribution in [0.5, 0.6) is 17.4 Å². The van der Waals surface area contributed by atoms with Crippen LogP contribution in [0.15, 0.2) is 24.5 Å². The Balaban J connectivity index is 2.43. The number of aromatic nitrogens is 2. The van der Waals surface area contributed by atoms with Gasteiger partial charge in [-0.2, -0.15) is 0 Å². The average Bonchev–Trinajstić information content (AvgIpc) is 2.43. The maximum absolute atomic E-state index is 10.8. The van der Waals surface area contributed by atoms with Crippen LogP contribution in [0.1, 0.15) is 5.56 Å². The number of hydrogen-bond acceptors (Lipinski definition) is 6. The summed E-state index contributed by atoms with van der Waals surface area (Å²) in [6.07, 6.45) is 1.24. The van der Waals surface area contributed by atoms with Crippen LogP contribution in [0.4, 0.5) is 5.69 Å². The molecule has 0 N–H and O–H groups in total. The number of benzene rings is 1. The van der Waals surface area contributed by atoms with Crippen LogP contribution in [-0.4, -0.2) is 22.0 Å². The Hall–Kier alpha value is -2.41. The van der Waals surface area contributed by atoms with Gasteiger partial charge in [0.2, 0.25) is 5.88 Å². The molecule has 0 atom stereocenters. The highest BCUT2D eigenvalue weighted by atomic mass is 35.5. The van der Waals surface area contributed by atoms with E-state index >= 15 is 0 Å². The van der Waals surface area contributed by atoms with Gasteiger partial charge in [-0.25, -0.2) is 9.97 Å². The fourth-order valence-corrected chi connectivity index (χ4v) is 1.60. The van der Waals surface area contributed by atoms with Gasteiger partial charge in [0, 0.05) is 11.6 Å². The minimum absolute atomic E-state index is 0.112. The van der Waals surface area contributed by atoms with Crippen molar-refractivity contribution in [3.63, 3.8) is 0 Å². The first kappa shape index (κ1) is 14.0. The Bertz CT molecular complexity index is 663. The SMILES string of the molecule is COc1ccc([N+](=O)[O-])cc1Oc1ncnc(Cl)c1C. The molecule has 2 aromatic rings. The van der Waals surface area contributed by atoms with Crippen LogP contribution in [-0.2, 0) is 0 Å². The lowest BCUT2D eigenvalue weighted by atomic mass is 10.3. The smallest absolute Gasteiger partial charge is 0.273 e. The fraction of sp³-hybridized carbons (Fsp3) is 0.167. The Morgan fingerprint density at radius 2 is 2.05 bits per heavy atom. The molecular formula is C12H10ClN3O4. The lowest BCUT2D eigenvalue weighted by molar-refractivity contribution is -0.384. The van der Waals surface area contributed by atoms with Crippen LogP contribution < -0.4 is 9.47 Å². The van der Waals surface area contributed by atoms with Crippen molar-refractivity contribution in [2.45, 2.75) is 6.92 Å². The molecule has 8 heteroatoms. The van der Waals surface area contributed by atoms with Crippen molar-refractivity contribution in [3.05, 3.63) is 45.4 Å². The molecule has 1 heterocycles. The average molecular weight is 296 g/mol. The van der Waals surface area contributed by atoms with Gasteiger partial charge in [0.05, 0.1) is 18.1 Å². The summed E-state index contributed by atoms with van der Waals surface area (Å²) in [5.74, 6) is 0.744. The maximum atomic E-state index is 10.8. The highest BCUT2D eigenvalue weighted by Crippen LogP contribution is 2.35. The van der Waals surface area contributed by atoms with E-state index in [1.807, 2.05) is 0 Å². The van der Waals surface area contributed by atoms with Gasteiger partial charge >= 0.3 is 0 Å². The second-order valence-corrected chi connectivity index (χ2v) is 4.15. The van der Waals surface area contributed by atoms with Gasteiger partial charge in [-0.1, -0.05) is 11.6 Å². The second kappa shape index (κ2) is 5.70. The normalized spacial score (nSPS) is 10.2. The number of non-ortho nitro benzene ring substituents is 1. The summed E-state index contributed by atoms with van der Waals surface area (Å²) in [6.45, 7) is 1.68. The summed E-state index contributed by atoms with van der Waals surface area (Å²) in [4.78, 5) is 18.0. The Morgan fingerprint density at radius 3 is 2.70 bits per heavy atom. The maximum Gasteiger partial charge on any atom is 0.273 e. The van der Waals surface area contributed by atoms with Crippen LogP contribution >= 0.6 is 11.6 Å². The molecule has 1 aromatic heterocycles. The van der Waals surface area contributed by atoms with Gasteiger partial charge in [-0.05, 0) is 13.0 Å². The Morgan fingerprint density at radius 1 is 1.30 bits per heavy atom. The first-order chi connectivity index (χ1) is 9.52. The van der Waals surface area contributed by atoms with E-state index in [0.717, 1.165) is 0 Å². The van der Waals surface area contributed by atoms with Crippen molar-refractivity contribution in [2.75, 3.05) is 7.11 Å². The van der Waals surface area contributed by atoms with E-state index in [0.29, 0.717) is 11.3 Å². The predicted molar refractivity (Wildman–Crippen MR) is 71.5 cm³/mol. The molecule has 0 bridgehead atoms. The summed E-state index contributed by atoms with van der Waals surface area (Å²) in [5, 5.41) is 11.0. The molecule has 0 saturated carbocycles. The first-order valence-corrected chi connectivity index (χ1v) is 5.88. The predicted octanol–water partition coefficient (Wildman–Crippen LogP) is 3.15. The molecule has 104 valence electrons. The number of nitro benzene ring substituents is 1. The van der Waals surface area contributed by atoms with Crippen LogP contribution in [0.2, 0.25) is 5.15 Å². The topological polar surface area (TPSA) is 87.4 Å². The minimum atomic E-state index is -0.522. The van der Waals surface area contributed by atoms with E-state index in [2.05, 4.69) is 9.97 Å². The number of ether oxygens (including phenoxy) is 2. The molecule has 2 rings (SSSR count). The third-order valence-corrected chi connectivity index (χ3v) is 2.92. The third kappa shape index (κ3) is 2.77. The zero-order valence-corrected chi connectivity index (χ0v) is 11.4. The molecule has 0 radical (unpaired) electrons. The van der Waals surface area contributed by atoms with Gasteiger partial charge in [-0.3, -0.25) is 10.1 Å². The molecule has 0 aliphatic rings. The lowest BCUT2D eigenvalue weighted by Crippen LogP contribution is -1.97. The van der Waals surface area contributed by atoms with Crippen LogP contribution in [0, 0.1) is 17.0 Å². The van der Waals surface area contributed by atoms with Crippen LogP contribution in [0.3, 0.4) is 0 Å². The molecule has 0 fully saturated rings. The summed E-state index contributed by atoms with van der Waals surface area (Å²) in [7, 11) is 1.44. The third-order valence-electron chi connectivity index (χ3n) is 2.54. The second-order valence-electron chi connectivity index (χ2n) is 3.79. The van der Waals surface area contributed by atoms with E-state index in [1.165, 1.54) is 31.6 Å². The van der Waals surface area contributed by atoms with Crippen molar-refractivity contribution < 1.29 is 14.4 Å². The van der Waals surface area contributed by atoms with Gasteiger partial charge in [0.25, 0.3) is 5.69 Å². The zero-order chi connectivity index (χ0) is 14.7. The quantitative estimate of drug-likeness (QED) is 0.489. The van der Waals surface area contributed by atoms with Crippen molar-refractivity contribution in [1.82, 2.24) is 9.97 Å². The van der Waals surface area contributed by atoms with E-state index in [1.54, 1.807) is 6.92 Å². The molecule has 20 heavy (non-hydrogen) atoms. The molecular weight excluding hydrogens is 286 g/mol. The van der Waals surface area contributed by atoms with Gasteiger partial charge in [0.1, 0.15) is 11.5 Å². The van der Waals surface area contributed by atoms with Gasteiger partial charge in [0.15, 0.2) is 11.5 Å². The number of rotatable bonds is 4. The highest BCUT2D eigenvalue weighted by molar-refractivity contribution is 6.30. The van der Waals surface area contributed by atoms with E-state index in [4.69, 9.17) is 21.1 Å². The molecule has 0 aliphatic carbocycles. The number of methoxy groups -OCH3 is 1. The monoisotopic (exact) mass is 295 g/mol. The molecule has 0 saturated heterocycles. The van der Waals surface area contributed by atoms with Crippen molar-refractivity contribution in [3.8, 4) is 17.4 Å². The Labute approximate surface area is 119 Å². The zero-order valence-electron chi connectivity index (χ0n) is 10.7. The standard InChI is InChI=1S/C12H10ClN3O4/c1-7-11(13)14-6-15-12(7)20-10-5-8(16(17)18)3-4-9(10)19-2/h3-6H,1-2H3. The minimum Gasteiger partial charge on any atom is -0.493 e. The number of nitrogens with zero attached hydrogens (tertiary/aromatic N) is 3. The lowest BCUT2D eigenvalue weighted by Gasteiger charge is -2.11. The Kier molecular flexibility index (Phi) is 3.99. The van der Waals surface area contributed by atoms with E-state index < -0.39 is 4.92 Å². The first-order valence-electron chi connectivity index (χ1n) is 5.50. The molecule has 0 spiro atoms. The van der Waals surface area contributed by atoms with Crippen molar-refractivity contribution in [1.29, 1.82) is 0 Å². The summed E-state index contributed by atoms with van der Waals surface area (Å²) in [6, 6.07) is 4.03. The summed E-state index contributed by atoms with van der Waals surface area (Å²) >= 11 is 5.86. The molecule has 7 nitrogen and oxygen atoms in total. The molecule has 0 aliphatic heterocycles. The molecule has 1 aromatic carbocycles. The number of hydrogen-bond donors (Lipinski definition) is 0. The number of nitro groups is 1.